The van der Waals surface area contributed by atoms with Crippen molar-refractivity contribution in [3.8, 4) is 0 Å². The van der Waals surface area contributed by atoms with Crippen LogP contribution in [0.5, 0.6) is 0 Å². The molecule has 0 radical (unpaired) electrons. The molecule has 2 heterocycles. The first-order valence-corrected chi connectivity index (χ1v) is 10.2. The third kappa shape index (κ3) is 2.29. The molecule has 0 atom stereocenters. The van der Waals surface area contributed by atoms with Gasteiger partial charge in [0, 0.05) is 0 Å². The summed E-state index contributed by atoms with van der Waals surface area (Å²) in [7, 11) is -2.07. The quantitative estimate of drug-likeness (QED) is 0.492. The SMILES string of the molecule is CC(C)[Si](C(C)C)(C(C)C)n1ccc2c(F)c(F)c(Cl)nc21. The maximum Gasteiger partial charge on any atom is 0.196 e. The van der Waals surface area contributed by atoms with Crippen molar-refractivity contribution in [2.45, 2.75) is 58.2 Å². The summed E-state index contributed by atoms with van der Waals surface area (Å²) in [4.78, 5) is 4.16. The van der Waals surface area contributed by atoms with Crippen LogP contribution < -0.4 is 0 Å². The maximum atomic E-state index is 14.2. The van der Waals surface area contributed by atoms with E-state index < -0.39 is 25.0 Å². The molecule has 2 rings (SSSR count). The highest BCUT2D eigenvalue weighted by molar-refractivity contribution is 6.82. The lowest BCUT2D eigenvalue weighted by molar-refractivity contribution is 0.513. The molecule has 0 N–H and O–H groups in total. The van der Waals surface area contributed by atoms with Crippen molar-refractivity contribution in [2.75, 3.05) is 0 Å². The van der Waals surface area contributed by atoms with Crippen LogP contribution in [0.4, 0.5) is 8.78 Å². The van der Waals surface area contributed by atoms with Crippen molar-refractivity contribution < 1.29 is 8.78 Å². The lowest BCUT2D eigenvalue weighted by Crippen LogP contribution is -2.51. The number of nitrogens with zero attached hydrogens (tertiary/aromatic N) is 2. The summed E-state index contributed by atoms with van der Waals surface area (Å²) < 4.78 is 30.0. The molecule has 0 aliphatic rings. The molecule has 0 bridgehead atoms. The molecular formula is C16H23ClF2N2Si. The Labute approximate surface area is 136 Å². The van der Waals surface area contributed by atoms with E-state index in [9.17, 15) is 8.78 Å². The van der Waals surface area contributed by atoms with Gasteiger partial charge in [-0.05, 0) is 28.9 Å². The summed E-state index contributed by atoms with van der Waals surface area (Å²) in [6.07, 6.45) is 1.86. The first-order valence-electron chi connectivity index (χ1n) is 7.67. The standard InChI is InChI=1S/C16H23ClF2N2Si/c1-9(2)22(10(3)4,11(5)6)21-8-7-12-13(18)14(19)15(17)20-16(12)21/h7-11H,1-6H3. The molecule has 0 unspecified atom stereocenters. The molecule has 2 aromatic rings. The zero-order valence-corrected chi connectivity index (χ0v) is 15.7. The Morgan fingerprint density at radius 2 is 1.50 bits per heavy atom. The summed E-state index contributed by atoms with van der Waals surface area (Å²) in [5.41, 5.74) is 1.75. The van der Waals surface area contributed by atoms with Crippen LogP contribution >= 0.6 is 11.6 Å². The molecule has 2 aromatic heterocycles. The van der Waals surface area contributed by atoms with Gasteiger partial charge in [-0.2, -0.15) is 0 Å². The van der Waals surface area contributed by atoms with Crippen molar-refractivity contribution in [3.63, 3.8) is 0 Å². The number of halogens is 3. The van der Waals surface area contributed by atoms with Gasteiger partial charge >= 0.3 is 0 Å². The lowest BCUT2D eigenvalue weighted by Gasteiger charge is -2.44. The van der Waals surface area contributed by atoms with Crippen LogP contribution in [0.15, 0.2) is 12.3 Å². The Balaban J connectivity index is 2.87. The minimum Gasteiger partial charge on any atom is -0.358 e. The van der Waals surface area contributed by atoms with E-state index in [-0.39, 0.29) is 5.39 Å². The van der Waals surface area contributed by atoms with Gasteiger partial charge in [0.15, 0.2) is 25.0 Å². The van der Waals surface area contributed by atoms with Crippen molar-refractivity contribution in [3.05, 3.63) is 29.1 Å². The van der Waals surface area contributed by atoms with Gasteiger partial charge in [-0.25, -0.2) is 13.8 Å². The second-order valence-electron chi connectivity index (χ2n) is 6.80. The van der Waals surface area contributed by atoms with Crippen LogP contribution in [0.3, 0.4) is 0 Å². The lowest BCUT2D eigenvalue weighted by atomic mass is 10.3. The van der Waals surface area contributed by atoms with Crippen LogP contribution in [-0.2, 0) is 0 Å². The molecular weight excluding hydrogens is 322 g/mol. The molecule has 0 aliphatic heterocycles. The third-order valence-electron chi connectivity index (χ3n) is 4.87. The number of aromatic nitrogens is 2. The van der Waals surface area contributed by atoms with Gasteiger partial charge in [0.25, 0.3) is 0 Å². The molecule has 0 amide bonds. The topological polar surface area (TPSA) is 17.8 Å². The number of rotatable bonds is 4. The molecule has 2 nitrogen and oxygen atoms in total. The molecule has 0 aliphatic carbocycles. The number of hydrogen-bond acceptors (Lipinski definition) is 1. The molecule has 6 heteroatoms. The highest BCUT2D eigenvalue weighted by Gasteiger charge is 2.46. The molecule has 0 saturated carbocycles. The van der Waals surface area contributed by atoms with E-state index in [1.807, 2.05) is 6.20 Å². The van der Waals surface area contributed by atoms with Crippen LogP contribution in [-0.4, -0.2) is 17.5 Å². The summed E-state index contributed by atoms with van der Waals surface area (Å²) in [6, 6.07) is 1.62. The Morgan fingerprint density at radius 1 is 1.00 bits per heavy atom. The predicted molar refractivity (Wildman–Crippen MR) is 91.1 cm³/mol. The predicted octanol–water partition coefficient (Wildman–Crippen LogP) is 5.99. The fourth-order valence-electron chi connectivity index (χ4n) is 4.21. The Hall–Kier alpha value is -0.943. The smallest absolute Gasteiger partial charge is 0.196 e. The second-order valence-corrected chi connectivity index (χ2v) is 12.9. The van der Waals surface area contributed by atoms with Gasteiger partial charge in [-0.15, -0.1) is 0 Å². The maximum absolute atomic E-state index is 14.2. The number of hydrogen-bond donors (Lipinski definition) is 0. The average Bonchev–Trinajstić information content (AvgIpc) is 2.80. The largest absolute Gasteiger partial charge is 0.358 e. The molecule has 0 fully saturated rings. The van der Waals surface area contributed by atoms with Crippen LogP contribution in [0.1, 0.15) is 41.5 Å². The first-order chi connectivity index (χ1) is 10.2. The zero-order valence-electron chi connectivity index (χ0n) is 13.9. The van der Waals surface area contributed by atoms with E-state index in [0.29, 0.717) is 22.3 Å². The summed E-state index contributed by atoms with van der Waals surface area (Å²) in [6.45, 7) is 13.2. The normalized spacial score (nSPS) is 13.1. The van der Waals surface area contributed by atoms with E-state index in [0.717, 1.165) is 0 Å². The van der Waals surface area contributed by atoms with E-state index >= 15 is 0 Å². The highest BCUT2D eigenvalue weighted by Crippen LogP contribution is 2.44. The van der Waals surface area contributed by atoms with Crippen LogP contribution in [0.2, 0.25) is 21.8 Å². The monoisotopic (exact) mass is 344 g/mol. The summed E-state index contributed by atoms with van der Waals surface area (Å²) in [5.74, 6) is -1.98. The van der Waals surface area contributed by atoms with Crippen molar-refractivity contribution in [2.24, 2.45) is 0 Å². The molecule has 0 saturated heterocycles. The minimum absolute atomic E-state index is 0.209. The molecule has 122 valence electrons. The number of fused-ring (bicyclic) bond motifs is 1. The van der Waals surface area contributed by atoms with Gasteiger partial charge in [0.1, 0.15) is 5.65 Å². The Bertz CT molecular complexity index is 673. The fraction of sp³-hybridized carbons (Fsp3) is 0.562. The average molecular weight is 345 g/mol. The minimum atomic E-state index is -2.07. The van der Waals surface area contributed by atoms with E-state index in [4.69, 9.17) is 11.6 Å². The van der Waals surface area contributed by atoms with Gasteiger partial charge < -0.3 is 4.23 Å². The molecule has 0 spiro atoms. The van der Waals surface area contributed by atoms with E-state index in [1.165, 1.54) is 0 Å². The highest BCUT2D eigenvalue weighted by atomic mass is 35.5. The van der Waals surface area contributed by atoms with E-state index in [1.54, 1.807) is 6.07 Å². The molecule has 0 aromatic carbocycles. The Kier molecular flexibility index (Phi) is 4.69. The van der Waals surface area contributed by atoms with E-state index in [2.05, 4.69) is 50.8 Å². The van der Waals surface area contributed by atoms with Crippen molar-refractivity contribution in [1.82, 2.24) is 9.22 Å². The van der Waals surface area contributed by atoms with Crippen LogP contribution in [0, 0.1) is 11.6 Å². The van der Waals surface area contributed by atoms with Gasteiger partial charge in [-0.3, -0.25) is 0 Å². The van der Waals surface area contributed by atoms with Gasteiger partial charge in [0.05, 0.1) is 5.39 Å². The van der Waals surface area contributed by atoms with Gasteiger partial charge in [0.2, 0.25) is 0 Å². The first kappa shape index (κ1) is 17.4. The second kappa shape index (κ2) is 5.93. The zero-order chi connectivity index (χ0) is 16.8. The van der Waals surface area contributed by atoms with Crippen molar-refractivity contribution >= 4 is 30.9 Å². The van der Waals surface area contributed by atoms with Crippen molar-refractivity contribution in [1.29, 1.82) is 0 Å². The Morgan fingerprint density at radius 3 is 1.95 bits per heavy atom. The van der Waals surface area contributed by atoms with Gasteiger partial charge in [-0.1, -0.05) is 53.1 Å². The fourth-order valence-corrected chi connectivity index (χ4v) is 10.9. The van der Waals surface area contributed by atoms with Crippen LogP contribution in [0.25, 0.3) is 11.0 Å². The third-order valence-corrected chi connectivity index (χ3v) is 11.9. The summed E-state index contributed by atoms with van der Waals surface area (Å²) >= 11 is 5.79. The number of pyridine rings is 1. The molecule has 22 heavy (non-hydrogen) atoms. The summed E-state index contributed by atoms with van der Waals surface area (Å²) in [5, 5.41) is -0.190.